The summed E-state index contributed by atoms with van der Waals surface area (Å²) < 4.78 is 2.33. The summed E-state index contributed by atoms with van der Waals surface area (Å²) in [5.74, 6) is 0. The van der Waals surface area contributed by atoms with E-state index in [9.17, 15) is 0 Å². The molecule has 0 bridgehead atoms. The van der Waals surface area contributed by atoms with E-state index in [2.05, 4.69) is 172 Å². The second-order valence-corrected chi connectivity index (χ2v) is 10.8. The first-order valence-corrected chi connectivity index (χ1v) is 14.5. The molecule has 0 atom stereocenters. The molecular formula is C41H35N. The highest BCUT2D eigenvalue weighted by atomic mass is 15.0. The highest BCUT2D eigenvalue weighted by Gasteiger charge is 2.16. The highest BCUT2D eigenvalue weighted by Crippen LogP contribution is 2.37. The van der Waals surface area contributed by atoms with Gasteiger partial charge in [-0.05, 0) is 89.6 Å². The van der Waals surface area contributed by atoms with Crippen molar-refractivity contribution in [1.29, 1.82) is 0 Å². The number of nitrogens with zero attached hydrogens (tertiary/aromatic N) is 1. The minimum Gasteiger partial charge on any atom is -0.315 e. The number of hydrogen-bond donors (Lipinski definition) is 0. The number of benzene rings is 5. The molecule has 1 nitrogen and oxygen atoms in total. The highest BCUT2D eigenvalue weighted by molar-refractivity contribution is 6.00. The molecule has 1 heteroatoms. The van der Waals surface area contributed by atoms with Gasteiger partial charge in [0.15, 0.2) is 0 Å². The molecule has 1 heterocycles. The van der Waals surface area contributed by atoms with Crippen LogP contribution in [0, 0.1) is 6.92 Å². The molecule has 0 fully saturated rings. The van der Waals surface area contributed by atoms with Crippen LogP contribution in [-0.2, 0) is 0 Å². The molecule has 0 spiro atoms. The van der Waals surface area contributed by atoms with Crippen LogP contribution in [0.15, 0.2) is 134 Å². The molecule has 0 radical (unpaired) electrons. The van der Waals surface area contributed by atoms with Gasteiger partial charge in [0.1, 0.15) is 0 Å². The normalized spacial score (nSPS) is 11.8. The molecule has 6 rings (SSSR count). The van der Waals surface area contributed by atoms with Crippen LogP contribution < -0.4 is 0 Å². The predicted octanol–water partition coefficient (Wildman–Crippen LogP) is 11.5. The van der Waals surface area contributed by atoms with Gasteiger partial charge >= 0.3 is 0 Å². The predicted molar refractivity (Wildman–Crippen MR) is 184 cm³/mol. The third-order valence-electron chi connectivity index (χ3n) is 8.03. The van der Waals surface area contributed by atoms with Gasteiger partial charge in [0.2, 0.25) is 0 Å². The van der Waals surface area contributed by atoms with Crippen molar-refractivity contribution in [2.45, 2.75) is 20.8 Å². The van der Waals surface area contributed by atoms with Crippen LogP contribution in [0.2, 0.25) is 0 Å². The zero-order valence-electron chi connectivity index (χ0n) is 24.5. The summed E-state index contributed by atoms with van der Waals surface area (Å²) in [4.78, 5) is 0. The topological polar surface area (TPSA) is 4.93 Å². The SMILES string of the molecule is C=Cc1cccc(-n2cc(-c3ccccc3)c3cc(-c4ccc(C)c(/C=C(\C)c5ccccc5)c4)ccc32)c1/C=C\C. The molecule has 0 saturated carbocycles. The van der Waals surface area contributed by atoms with Crippen LogP contribution >= 0.6 is 0 Å². The van der Waals surface area contributed by atoms with Gasteiger partial charge in [-0.15, -0.1) is 0 Å². The summed E-state index contributed by atoms with van der Waals surface area (Å²) in [6.07, 6.45) is 10.8. The van der Waals surface area contributed by atoms with Gasteiger partial charge in [0.25, 0.3) is 0 Å². The Balaban J connectivity index is 1.53. The summed E-state index contributed by atoms with van der Waals surface area (Å²) in [5, 5.41) is 1.23. The monoisotopic (exact) mass is 541 g/mol. The fourth-order valence-electron chi connectivity index (χ4n) is 5.76. The van der Waals surface area contributed by atoms with Crippen molar-refractivity contribution >= 4 is 34.7 Å². The summed E-state index contributed by atoms with van der Waals surface area (Å²) in [6.45, 7) is 10.5. The Labute approximate surface area is 249 Å². The van der Waals surface area contributed by atoms with E-state index < -0.39 is 0 Å². The Morgan fingerprint density at radius 2 is 1.43 bits per heavy atom. The number of aryl methyl sites for hydroxylation is 1. The van der Waals surface area contributed by atoms with Crippen molar-refractivity contribution in [2.24, 2.45) is 0 Å². The maximum atomic E-state index is 4.07. The maximum Gasteiger partial charge on any atom is 0.0535 e. The van der Waals surface area contributed by atoms with Gasteiger partial charge in [0, 0.05) is 22.7 Å². The lowest BCUT2D eigenvalue weighted by atomic mass is 9.95. The number of allylic oxidation sites excluding steroid dienone is 2. The standard InChI is InChI=1S/C41H35N/c1-5-14-37-31(6-2)19-13-20-40(37)42-28-39(33-17-11-8-12-18-33)38-27-35(23-24-41(38)42)34-22-21-29(3)36(26-34)25-30(4)32-15-9-7-10-16-32/h5-28H,2H2,1,3-4H3/b14-5-,30-25+. The Morgan fingerprint density at radius 1 is 0.714 bits per heavy atom. The second-order valence-electron chi connectivity index (χ2n) is 10.8. The van der Waals surface area contributed by atoms with E-state index in [1.165, 1.54) is 61.0 Å². The van der Waals surface area contributed by atoms with Crippen molar-refractivity contribution < 1.29 is 0 Å². The molecule has 0 aliphatic rings. The lowest BCUT2D eigenvalue weighted by Gasteiger charge is -2.13. The average molecular weight is 542 g/mol. The number of hydrogen-bond acceptors (Lipinski definition) is 0. The Bertz CT molecular complexity index is 1950. The number of fused-ring (bicyclic) bond motifs is 1. The molecular weight excluding hydrogens is 506 g/mol. The molecule has 0 aliphatic carbocycles. The van der Waals surface area contributed by atoms with Gasteiger partial charge < -0.3 is 4.57 Å². The summed E-state index contributed by atoms with van der Waals surface area (Å²) in [7, 11) is 0. The van der Waals surface area contributed by atoms with Crippen molar-refractivity contribution in [3.8, 4) is 27.9 Å². The third kappa shape index (κ3) is 5.18. The van der Waals surface area contributed by atoms with Crippen molar-refractivity contribution in [3.05, 3.63) is 162 Å². The van der Waals surface area contributed by atoms with Crippen LogP contribution in [-0.4, -0.2) is 4.57 Å². The molecule has 0 unspecified atom stereocenters. The average Bonchev–Trinajstić information content (AvgIpc) is 3.42. The van der Waals surface area contributed by atoms with Crippen molar-refractivity contribution in [3.63, 3.8) is 0 Å². The van der Waals surface area contributed by atoms with Gasteiger partial charge in [-0.1, -0.05) is 122 Å². The zero-order valence-corrected chi connectivity index (χ0v) is 24.5. The molecule has 0 saturated heterocycles. The molecule has 1 aromatic heterocycles. The molecule has 42 heavy (non-hydrogen) atoms. The quantitative estimate of drug-likeness (QED) is 0.177. The van der Waals surface area contributed by atoms with E-state index in [0.29, 0.717) is 0 Å². The molecule has 0 aliphatic heterocycles. The molecule has 204 valence electrons. The fourth-order valence-corrected chi connectivity index (χ4v) is 5.76. The maximum absolute atomic E-state index is 4.07. The largest absolute Gasteiger partial charge is 0.315 e. The first-order chi connectivity index (χ1) is 20.6. The summed E-state index contributed by atoms with van der Waals surface area (Å²) >= 11 is 0. The Kier molecular flexibility index (Phi) is 7.58. The summed E-state index contributed by atoms with van der Waals surface area (Å²) in [6, 6.07) is 41.4. The lowest BCUT2D eigenvalue weighted by Crippen LogP contribution is -1.97. The first-order valence-electron chi connectivity index (χ1n) is 14.5. The minimum absolute atomic E-state index is 1.12. The smallest absolute Gasteiger partial charge is 0.0535 e. The van der Waals surface area contributed by atoms with Gasteiger partial charge in [-0.3, -0.25) is 0 Å². The van der Waals surface area contributed by atoms with E-state index in [0.717, 1.165) is 11.3 Å². The van der Waals surface area contributed by atoms with E-state index in [1.54, 1.807) is 0 Å². The second kappa shape index (κ2) is 11.8. The van der Waals surface area contributed by atoms with Crippen LogP contribution in [0.25, 0.3) is 62.6 Å². The number of aromatic nitrogens is 1. The Morgan fingerprint density at radius 3 is 2.17 bits per heavy atom. The van der Waals surface area contributed by atoms with Crippen molar-refractivity contribution in [2.75, 3.05) is 0 Å². The molecule has 6 aromatic rings. The fraction of sp³-hybridized carbons (Fsp3) is 0.0732. The van der Waals surface area contributed by atoms with E-state index in [-0.39, 0.29) is 0 Å². The van der Waals surface area contributed by atoms with Crippen molar-refractivity contribution in [1.82, 2.24) is 4.57 Å². The molecule has 0 amide bonds. The van der Waals surface area contributed by atoms with E-state index in [1.807, 2.05) is 6.08 Å². The van der Waals surface area contributed by atoms with Crippen LogP contribution in [0.3, 0.4) is 0 Å². The van der Waals surface area contributed by atoms with E-state index >= 15 is 0 Å². The molecule has 5 aromatic carbocycles. The van der Waals surface area contributed by atoms with Crippen LogP contribution in [0.5, 0.6) is 0 Å². The van der Waals surface area contributed by atoms with Gasteiger partial charge in [-0.2, -0.15) is 0 Å². The minimum atomic E-state index is 1.12. The van der Waals surface area contributed by atoms with E-state index in [4.69, 9.17) is 0 Å². The first kappa shape index (κ1) is 27.1. The lowest BCUT2D eigenvalue weighted by molar-refractivity contribution is 1.12. The Hall–Kier alpha value is -5.14. The van der Waals surface area contributed by atoms with Crippen LogP contribution in [0.4, 0.5) is 0 Å². The molecule has 0 N–H and O–H groups in total. The van der Waals surface area contributed by atoms with Gasteiger partial charge in [0.05, 0.1) is 11.2 Å². The van der Waals surface area contributed by atoms with Crippen LogP contribution in [0.1, 0.15) is 41.7 Å². The zero-order chi connectivity index (χ0) is 29.1. The number of rotatable bonds is 7. The third-order valence-corrected chi connectivity index (χ3v) is 8.03. The summed E-state index contributed by atoms with van der Waals surface area (Å²) in [5.41, 5.74) is 14.5. The van der Waals surface area contributed by atoms with Gasteiger partial charge in [-0.25, -0.2) is 0 Å².